The van der Waals surface area contributed by atoms with Gasteiger partial charge in [0.15, 0.2) is 0 Å². The van der Waals surface area contributed by atoms with Crippen LogP contribution in [0.5, 0.6) is 0 Å². The standard InChI is InChI=1S/C51H34N2/c1-3-17-33(18-4-1)47-36-21-7-9-23-38(36)49(39-24-10-8-22-37(39)47)35-31-44(51-45(32-35)53-30-16-15-29-46(53)52-51)50-42-27-13-11-25-40(42)48(34-19-5-2-6-20-34)41-26-12-14-28-43(41)50/h1-32,46,52H. The van der Waals surface area contributed by atoms with E-state index in [0.717, 1.165) is 5.69 Å². The van der Waals surface area contributed by atoms with Gasteiger partial charge in [0.1, 0.15) is 6.17 Å². The molecular weight excluding hydrogens is 641 g/mol. The highest BCUT2D eigenvalue weighted by Crippen LogP contribution is 2.53. The normalized spacial score (nSPS) is 14.6. The first-order chi connectivity index (χ1) is 26.3. The van der Waals surface area contributed by atoms with Crippen LogP contribution in [-0.2, 0) is 0 Å². The van der Waals surface area contributed by atoms with Gasteiger partial charge in [-0.2, -0.15) is 0 Å². The zero-order chi connectivity index (χ0) is 34.9. The molecule has 248 valence electrons. The van der Waals surface area contributed by atoms with Gasteiger partial charge in [0.2, 0.25) is 0 Å². The van der Waals surface area contributed by atoms with Crippen LogP contribution in [0.3, 0.4) is 0 Å². The van der Waals surface area contributed by atoms with Crippen molar-refractivity contribution in [2.24, 2.45) is 0 Å². The van der Waals surface area contributed by atoms with Gasteiger partial charge in [0.05, 0.1) is 11.4 Å². The Morgan fingerprint density at radius 2 is 0.774 bits per heavy atom. The first-order valence-electron chi connectivity index (χ1n) is 18.4. The van der Waals surface area contributed by atoms with Gasteiger partial charge in [-0.15, -0.1) is 0 Å². The van der Waals surface area contributed by atoms with Crippen molar-refractivity contribution in [3.8, 4) is 44.5 Å². The Morgan fingerprint density at radius 3 is 1.23 bits per heavy atom. The Labute approximate surface area is 308 Å². The van der Waals surface area contributed by atoms with Crippen molar-refractivity contribution < 1.29 is 0 Å². The number of nitrogens with zero attached hydrogens (tertiary/aromatic N) is 1. The SMILES string of the molecule is C1=CC2Nc3c(-c4c5ccccc5c(-c5ccccc5)c5ccccc45)cc(-c4c5ccccc5c(-c5ccccc5)c5ccccc45)cc3N2C=C1. The Kier molecular flexibility index (Phi) is 6.65. The van der Waals surface area contributed by atoms with Crippen molar-refractivity contribution in [3.05, 3.63) is 194 Å². The minimum Gasteiger partial charge on any atom is -0.359 e. The van der Waals surface area contributed by atoms with E-state index in [4.69, 9.17) is 0 Å². The molecule has 11 rings (SSSR count). The molecule has 2 aliphatic heterocycles. The van der Waals surface area contributed by atoms with E-state index in [9.17, 15) is 0 Å². The average molecular weight is 675 g/mol. The molecule has 2 aliphatic rings. The summed E-state index contributed by atoms with van der Waals surface area (Å²) in [6, 6.07) is 62.4. The number of rotatable bonds is 4. The molecule has 2 nitrogen and oxygen atoms in total. The largest absolute Gasteiger partial charge is 0.359 e. The maximum atomic E-state index is 3.95. The molecule has 0 radical (unpaired) electrons. The van der Waals surface area contributed by atoms with Crippen molar-refractivity contribution in [2.75, 3.05) is 10.2 Å². The van der Waals surface area contributed by atoms with E-state index in [2.05, 4.69) is 205 Å². The fraction of sp³-hybridized carbons (Fsp3) is 0.0196. The molecule has 2 heteroatoms. The molecular formula is C51H34N2. The summed E-state index contributed by atoms with van der Waals surface area (Å²) < 4.78 is 0. The zero-order valence-corrected chi connectivity index (χ0v) is 29.0. The van der Waals surface area contributed by atoms with E-state index in [0.29, 0.717) is 0 Å². The van der Waals surface area contributed by atoms with Crippen molar-refractivity contribution in [1.82, 2.24) is 0 Å². The summed E-state index contributed by atoms with van der Waals surface area (Å²) in [5, 5.41) is 14.0. The molecule has 1 unspecified atom stereocenters. The fourth-order valence-corrected chi connectivity index (χ4v) is 9.01. The smallest absolute Gasteiger partial charge is 0.123 e. The van der Waals surface area contributed by atoms with Gasteiger partial charge in [-0.25, -0.2) is 0 Å². The highest BCUT2D eigenvalue weighted by molar-refractivity contribution is 6.25. The van der Waals surface area contributed by atoms with Crippen LogP contribution >= 0.6 is 0 Å². The van der Waals surface area contributed by atoms with Gasteiger partial charge in [-0.3, -0.25) is 0 Å². The summed E-state index contributed by atoms with van der Waals surface area (Å²) in [4.78, 5) is 2.38. The topological polar surface area (TPSA) is 15.3 Å². The van der Waals surface area contributed by atoms with E-state index in [1.165, 1.54) is 93.3 Å². The maximum Gasteiger partial charge on any atom is 0.123 e. The third-order valence-electron chi connectivity index (χ3n) is 11.2. The molecule has 0 amide bonds. The molecule has 0 aromatic heterocycles. The summed E-state index contributed by atoms with van der Waals surface area (Å²) in [6.45, 7) is 0. The van der Waals surface area contributed by atoms with Crippen LogP contribution in [0.25, 0.3) is 87.6 Å². The molecule has 0 spiro atoms. The lowest BCUT2D eigenvalue weighted by Crippen LogP contribution is -2.30. The van der Waals surface area contributed by atoms with Crippen LogP contribution in [0.4, 0.5) is 11.4 Å². The highest BCUT2D eigenvalue weighted by Gasteiger charge is 2.32. The zero-order valence-electron chi connectivity index (χ0n) is 29.0. The Bertz CT molecular complexity index is 2860. The van der Waals surface area contributed by atoms with E-state index in [-0.39, 0.29) is 6.17 Å². The van der Waals surface area contributed by atoms with Gasteiger partial charge in [-0.1, -0.05) is 164 Å². The highest BCUT2D eigenvalue weighted by atomic mass is 15.3. The number of anilines is 2. The minimum absolute atomic E-state index is 0.0408. The first kappa shape index (κ1) is 29.8. The van der Waals surface area contributed by atoms with Crippen LogP contribution in [0.1, 0.15) is 0 Å². The van der Waals surface area contributed by atoms with Gasteiger partial charge < -0.3 is 10.2 Å². The van der Waals surface area contributed by atoms with Crippen LogP contribution in [0.2, 0.25) is 0 Å². The first-order valence-corrected chi connectivity index (χ1v) is 18.4. The van der Waals surface area contributed by atoms with Crippen LogP contribution in [0.15, 0.2) is 194 Å². The Morgan fingerprint density at radius 1 is 0.377 bits per heavy atom. The summed E-state index contributed by atoms with van der Waals surface area (Å²) in [7, 11) is 0. The molecule has 0 aliphatic carbocycles. The molecule has 0 fully saturated rings. The lowest BCUT2D eigenvalue weighted by molar-refractivity contribution is 0.908. The molecule has 9 aromatic carbocycles. The summed E-state index contributed by atoms with van der Waals surface area (Å²) in [5.74, 6) is 0. The van der Waals surface area contributed by atoms with Crippen LogP contribution < -0.4 is 10.2 Å². The predicted octanol–water partition coefficient (Wildman–Crippen LogP) is 13.6. The van der Waals surface area contributed by atoms with Crippen LogP contribution in [0, 0.1) is 0 Å². The Balaban J connectivity index is 1.28. The molecule has 0 bridgehead atoms. The summed E-state index contributed by atoms with van der Waals surface area (Å²) in [6.07, 6.45) is 8.78. The monoisotopic (exact) mass is 674 g/mol. The van der Waals surface area contributed by atoms with Gasteiger partial charge in [0, 0.05) is 11.8 Å². The average Bonchev–Trinajstić information content (AvgIpc) is 3.61. The third-order valence-corrected chi connectivity index (χ3v) is 11.2. The van der Waals surface area contributed by atoms with E-state index >= 15 is 0 Å². The number of benzene rings is 9. The van der Waals surface area contributed by atoms with Gasteiger partial charge in [0.25, 0.3) is 0 Å². The van der Waals surface area contributed by atoms with Crippen LogP contribution in [-0.4, -0.2) is 6.17 Å². The number of allylic oxidation sites excluding steroid dienone is 2. The van der Waals surface area contributed by atoms with E-state index in [1.54, 1.807) is 0 Å². The molecule has 2 heterocycles. The minimum atomic E-state index is 0.0408. The number of hydrogen-bond donors (Lipinski definition) is 1. The molecule has 0 saturated heterocycles. The summed E-state index contributed by atoms with van der Waals surface area (Å²) >= 11 is 0. The second-order valence-electron chi connectivity index (χ2n) is 14.1. The lowest BCUT2D eigenvalue weighted by Gasteiger charge is -2.23. The van der Waals surface area contributed by atoms with Crippen molar-refractivity contribution in [1.29, 1.82) is 0 Å². The molecule has 1 atom stereocenters. The number of hydrogen-bond acceptors (Lipinski definition) is 2. The number of nitrogens with one attached hydrogen (secondary N) is 1. The second-order valence-corrected chi connectivity index (χ2v) is 14.1. The maximum absolute atomic E-state index is 3.95. The summed E-state index contributed by atoms with van der Waals surface area (Å²) in [5.41, 5.74) is 12.3. The third kappa shape index (κ3) is 4.52. The van der Waals surface area contributed by atoms with Crippen molar-refractivity contribution in [2.45, 2.75) is 6.17 Å². The van der Waals surface area contributed by atoms with Crippen molar-refractivity contribution in [3.63, 3.8) is 0 Å². The molecule has 53 heavy (non-hydrogen) atoms. The second kappa shape index (κ2) is 11.8. The molecule has 9 aromatic rings. The van der Waals surface area contributed by atoms with E-state index in [1.807, 2.05) is 0 Å². The fourth-order valence-electron chi connectivity index (χ4n) is 9.01. The lowest BCUT2D eigenvalue weighted by atomic mass is 9.83. The van der Waals surface area contributed by atoms with Gasteiger partial charge >= 0.3 is 0 Å². The molecule has 1 N–H and O–H groups in total. The van der Waals surface area contributed by atoms with Gasteiger partial charge in [-0.05, 0) is 106 Å². The predicted molar refractivity (Wildman–Crippen MR) is 226 cm³/mol. The van der Waals surface area contributed by atoms with Crippen molar-refractivity contribution >= 4 is 54.5 Å². The quantitative estimate of drug-likeness (QED) is 0.187. The number of fused-ring (bicyclic) bond motifs is 7. The molecule has 0 saturated carbocycles. The van der Waals surface area contributed by atoms with E-state index < -0.39 is 0 Å². The Hall–Kier alpha value is -6.90.